The Morgan fingerprint density at radius 2 is 2.31 bits per heavy atom. The van der Waals surface area contributed by atoms with E-state index in [1.54, 1.807) is 19.2 Å². The molecule has 5 nitrogen and oxygen atoms in total. The minimum absolute atomic E-state index is 0.186. The number of hydrogen-bond donors (Lipinski definition) is 2. The molecule has 0 aromatic carbocycles. The molecule has 0 spiro atoms. The van der Waals surface area contributed by atoms with E-state index in [9.17, 15) is 4.79 Å². The van der Waals surface area contributed by atoms with Crippen LogP contribution in [0.25, 0.3) is 11.4 Å². The molecule has 2 aromatic rings. The van der Waals surface area contributed by atoms with E-state index in [4.69, 9.17) is 5.11 Å². The summed E-state index contributed by atoms with van der Waals surface area (Å²) in [5.74, 6) is -0.347. The minimum atomic E-state index is -0.986. The summed E-state index contributed by atoms with van der Waals surface area (Å²) in [5.41, 5.74) is 1.50. The first-order chi connectivity index (χ1) is 7.58. The van der Waals surface area contributed by atoms with Crippen LogP contribution in [0.3, 0.4) is 0 Å². The highest BCUT2D eigenvalue weighted by Gasteiger charge is 2.13. The topological polar surface area (TPSA) is 78.9 Å². The van der Waals surface area contributed by atoms with Gasteiger partial charge < -0.3 is 10.1 Å². The third-order valence-electron chi connectivity index (χ3n) is 2.05. The van der Waals surface area contributed by atoms with Gasteiger partial charge in [-0.2, -0.15) is 0 Å². The van der Waals surface area contributed by atoms with Gasteiger partial charge in [0.1, 0.15) is 5.82 Å². The van der Waals surface area contributed by atoms with Crippen molar-refractivity contribution in [3.8, 4) is 11.4 Å². The number of H-pyrrole nitrogens is 1. The lowest BCUT2D eigenvalue weighted by Crippen LogP contribution is -1.93. The fraction of sp³-hybridized carbons (Fsp3) is 0.100. The number of aryl methyl sites for hydroxylation is 1. The van der Waals surface area contributed by atoms with Crippen molar-refractivity contribution >= 4 is 21.9 Å². The van der Waals surface area contributed by atoms with Gasteiger partial charge >= 0.3 is 5.97 Å². The molecule has 82 valence electrons. The number of nitrogens with one attached hydrogen (secondary N) is 1. The molecular formula is C10H8BrN3O2. The van der Waals surface area contributed by atoms with Crippen LogP contribution >= 0.6 is 15.9 Å². The summed E-state index contributed by atoms with van der Waals surface area (Å²) < 4.78 is 0.436. The van der Waals surface area contributed by atoms with Gasteiger partial charge in [0.2, 0.25) is 0 Å². The molecule has 0 saturated carbocycles. The Morgan fingerprint density at radius 1 is 1.56 bits per heavy atom. The largest absolute Gasteiger partial charge is 0.478 e. The number of halogens is 1. The van der Waals surface area contributed by atoms with E-state index in [-0.39, 0.29) is 5.56 Å². The minimum Gasteiger partial charge on any atom is -0.478 e. The molecular weight excluding hydrogens is 274 g/mol. The standard InChI is InChI=1S/C10H8BrN3O2/c1-5-12-3-2-7(13-5)8-4-6(10(15)16)9(11)14-8/h2-4,14H,1H3,(H,15,16). The maximum atomic E-state index is 10.9. The molecule has 0 bridgehead atoms. The van der Waals surface area contributed by atoms with Gasteiger partial charge in [0, 0.05) is 6.20 Å². The molecule has 0 aliphatic carbocycles. The molecule has 0 radical (unpaired) electrons. The molecule has 0 unspecified atom stereocenters. The van der Waals surface area contributed by atoms with Gasteiger partial charge in [0.05, 0.1) is 21.6 Å². The highest BCUT2D eigenvalue weighted by molar-refractivity contribution is 9.10. The van der Waals surface area contributed by atoms with Crippen molar-refractivity contribution in [2.24, 2.45) is 0 Å². The quantitative estimate of drug-likeness (QED) is 0.885. The SMILES string of the molecule is Cc1nccc(-c2cc(C(=O)O)c(Br)[nH]2)n1. The second-order valence-electron chi connectivity index (χ2n) is 3.20. The third-order valence-corrected chi connectivity index (χ3v) is 2.68. The molecule has 0 fully saturated rings. The Morgan fingerprint density at radius 3 is 2.88 bits per heavy atom. The van der Waals surface area contributed by atoms with Crippen LogP contribution in [0, 0.1) is 6.92 Å². The number of rotatable bonds is 2. The Balaban J connectivity index is 2.49. The maximum Gasteiger partial charge on any atom is 0.338 e. The second-order valence-corrected chi connectivity index (χ2v) is 4.00. The first kappa shape index (κ1) is 10.8. The zero-order valence-electron chi connectivity index (χ0n) is 8.36. The summed E-state index contributed by atoms with van der Waals surface area (Å²) in [6.07, 6.45) is 1.63. The van der Waals surface area contributed by atoms with Crippen molar-refractivity contribution in [3.63, 3.8) is 0 Å². The molecule has 2 N–H and O–H groups in total. The van der Waals surface area contributed by atoms with Crippen LogP contribution in [-0.4, -0.2) is 26.0 Å². The van der Waals surface area contributed by atoms with Crippen LogP contribution in [-0.2, 0) is 0 Å². The Bertz CT molecular complexity index is 551. The summed E-state index contributed by atoms with van der Waals surface area (Å²) in [7, 11) is 0. The molecule has 0 atom stereocenters. The second kappa shape index (κ2) is 4.05. The number of aromatic nitrogens is 3. The average molecular weight is 282 g/mol. The summed E-state index contributed by atoms with van der Waals surface area (Å²) in [5, 5.41) is 8.90. The third kappa shape index (κ3) is 1.96. The van der Waals surface area contributed by atoms with E-state index in [0.717, 1.165) is 0 Å². The van der Waals surface area contributed by atoms with Crippen molar-refractivity contribution in [3.05, 3.63) is 34.3 Å². The van der Waals surface area contributed by atoms with E-state index in [1.165, 1.54) is 6.07 Å². The fourth-order valence-corrected chi connectivity index (χ4v) is 1.83. The first-order valence-corrected chi connectivity index (χ1v) is 5.29. The summed E-state index contributed by atoms with van der Waals surface area (Å²) in [6, 6.07) is 3.26. The molecule has 0 amide bonds. The van der Waals surface area contributed by atoms with Gasteiger partial charge in [-0.3, -0.25) is 0 Å². The fourth-order valence-electron chi connectivity index (χ4n) is 1.33. The van der Waals surface area contributed by atoms with Crippen LogP contribution in [0.4, 0.5) is 0 Å². The Hall–Kier alpha value is -1.69. The molecule has 2 rings (SSSR count). The molecule has 0 aliphatic rings. The lowest BCUT2D eigenvalue weighted by atomic mass is 10.2. The van der Waals surface area contributed by atoms with Crippen molar-refractivity contribution in [2.45, 2.75) is 6.92 Å². The molecule has 6 heteroatoms. The van der Waals surface area contributed by atoms with Crippen molar-refractivity contribution in [1.29, 1.82) is 0 Å². The van der Waals surface area contributed by atoms with Gasteiger partial charge in [-0.25, -0.2) is 14.8 Å². The van der Waals surface area contributed by atoms with Crippen LogP contribution in [0.5, 0.6) is 0 Å². The number of carbonyl (C=O) groups is 1. The molecule has 2 aromatic heterocycles. The number of carboxylic acids is 1. The molecule has 16 heavy (non-hydrogen) atoms. The average Bonchev–Trinajstić information content (AvgIpc) is 2.60. The summed E-state index contributed by atoms with van der Waals surface area (Å²) in [4.78, 5) is 21.9. The zero-order chi connectivity index (χ0) is 11.7. The maximum absolute atomic E-state index is 10.9. The number of aromatic carboxylic acids is 1. The lowest BCUT2D eigenvalue weighted by Gasteiger charge is -1.96. The zero-order valence-corrected chi connectivity index (χ0v) is 9.95. The first-order valence-electron chi connectivity index (χ1n) is 4.50. The predicted molar refractivity (Wildman–Crippen MR) is 61.2 cm³/mol. The van der Waals surface area contributed by atoms with E-state index in [0.29, 0.717) is 21.8 Å². The normalized spacial score (nSPS) is 10.4. The highest BCUT2D eigenvalue weighted by Crippen LogP contribution is 2.23. The Labute approximate surface area is 99.7 Å². The Kier molecular flexibility index (Phi) is 2.74. The van der Waals surface area contributed by atoms with E-state index >= 15 is 0 Å². The molecule has 0 aliphatic heterocycles. The van der Waals surface area contributed by atoms with E-state index in [1.807, 2.05) is 0 Å². The smallest absolute Gasteiger partial charge is 0.338 e. The van der Waals surface area contributed by atoms with E-state index in [2.05, 4.69) is 30.9 Å². The predicted octanol–water partition coefficient (Wildman–Crippen LogP) is 2.24. The van der Waals surface area contributed by atoms with Crippen LogP contribution in [0.2, 0.25) is 0 Å². The van der Waals surface area contributed by atoms with Crippen LogP contribution in [0.1, 0.15) is 16.2 Å². The van der Waals surface area contributed by atoms with Gasteiger partial charge in [-0.05, 0) is 35.0 Å². The van der Waals surface area contributed by atoms with Gasteiger partial charge in [0.15, 0.2) is 0 Å². The summed E-state index contributed by atoms with van der Waals surface area (Å²) in [6.45, 7) is 1.78. The van der Waals surface area contributed by atoms with E-state index < -0.39 is 5.97 Å². The van der Waals surface area contributed by atoms with Crippen LogP contribution in [0.15, 0.2) is 22.9 Å². The van der Waals surface area contributed by atoms with Gasteiger partial charge in [-0.1, -0.05) is 0 Å². The van der Waals surface area contributed by atoms with Gasteiger partial charge in [-0.15, -0.1) is 0 Å². The van der Waals surface area contributed by atoms with Gasteiger partial charge in [0.25, 0.3) is 0 Å². The number of nitrogens with zero attached hydrogens (tertiary/aromatic N) is 2. The number of hydrogen-bond acceptors (Lipinski definition) is 3. The lowest BCUT2D eigenvalue weighted by molar-refractivity contribution is 0.0696. The highest BCUT2D eigenvalue weighted by atomic mass is 79.9. The molecule has 2 heterocycles. The summed E-state index contributed by atoms with van der Waals surface area (Å²) >= 11 is 3.15. The van der Waals surface area contributed by atoms with Crippen molar-refractivity contribution in [2.75, 3.05) is 0 Å². The monoisotopic (exact) mass is 281 g/mol. The molecule has 0 saturated heterocycles. The van der Waals surface area contributed by atoms with Crippen molar-refractivity contribution < 1.29 is 9.90 Å². The number of aromatic amines is 1. The van der Waals surface area contributed by atoms with Crippen LogP contribution < -0.4 is 0 Å². The number of carboxylic acid groups (broad SMARTS) is 1. The van der Waals surface area contributed by atoms with Crippen molar-refractivity contribution in [1.82, 2.24) is 15.0 Å².